The maximum atomic E-state index is 13.6. The average Bonchev–Trinajstić information content (AvgIpc) is 2.83. The third-order valence-corrected chi connectivity index (χ3v) is 4.41. The molecule has 1 aliphatic rings. The Hall–Kier alpha value is -2.42. The summed E-state index contributed by atoms with van der Waals surface area (Å²) in [4.78, 5) is 12.3. The van der Waals surface area contributed by atoms with Crippen molar-refractivity contribution in [2.75, 3.05) is 0 Å². The lowest BCUT2D eigenvalue weighted by molar-refractivity contribution is 0.0973. The van der Waals surface area contributed by atoms with Gasteiger partial charge in [0.15, 0.2) is 5.78 Å². The van der Waals surface area contributed by atoms with Gasteiger partial charge in [-0.1, -0.05) is 30.3 Å². The van der Waals surface area contributed by atoms with E-state index in [9.17, 15) is 9.18 Å². The van der Waals surface area contributed by atoms with Crippen molar-refractivity contribution < 1.29 is 9.18 Å². The summed E-state index contributed by atoms with van der Waals surface area (Å²) in [5.41, 5.74) is 3.92. The van der Waals surface area contributed by atoms with Gasteiger partial charge in [-0.15, -0.1) is 0 Å². The SMILES string of the molecule is O=C1CCCc2c1c1cc(F)ccc1n2Cc1ccccc1. The Kier molecular flexibility index (Phi) is 3.07. The van der Waals surface area contributed by atoms with E-state index in [-0.39, 0.29) is 11.6 Å². The van der Waals surface area contributed by atoms with Gasteiger partial charge in [0.05, 0.1) is 0 Å². The van der Waals surface area contributed by atoms with Crippen LogP contribution in [-0.2, 0) is 13.0 Å². The quantitative estimate of drug-likeness (QED) is 0.688. The number of carbonyl (C=O) groups excluding carboxylic acids is 1. The van der Waals surface area contributed by atoms with Gasteiger partial charge < -0.3 is 4.57 Å². The van der Waals surface area contributed by atoms with E-state index in [1.54, 1.807) is 6.07 Å². The van der Waals surface area contributed by atoms with E-state index in [1.165, 1.54) is 17.7 Å². The Morgan fingerprint density at radius 1 is 1.05 bits per heavy atom. The maximum absolute atomic E-state index is 13.6. The molecule has 3 aromatic rings. The number of carbonyl (C=O) groups is 1. The normalized spacial score (nSPS) is 14.3. The number of hydrogen-bond acceptors (Lipinski definition) is 1. The molecule has 22 heavy (non-hydrogen) atoms. The van der Waals surface area contributed by atoms with E-state index in [4.69, 9.17) is 0 Å². The molecule has 0 aliphatic heterocycles. The molecule has 3 heteroatoms. The zero-order valence-electron chi connectivity index (χ0n) is 12.2. The smallest absolute Gasteiger partial charge is 0.165 e. The first kappa shape index (κ1) is 13.3. The van der Waals surface area contributed by atoms with Crippen LogP contribution in [0.5, 0.6) is 0 Å². The molecule has 0 amide bonds. The lowest BCUT2D eigenvalue weighted by Gasteiger charge is -2.15. The van der Waals surface area contributed by atoms with Crippen molar-refractivity contribution in [1.29, 1.82) is 0 Å². The monoisotopic (exact) mass is 293 g/mol. The highest BCUT2D eigenvalue weighted by atomic mass is 19.1. The Balaban J connectivity index is 1.96. The number of Topliss-reactive ketones (excluding diaryl/α,β-unsaturated/α-hetero) is 1. The molecule has 2 nitrogen and oxygen atoms in total. The first-order chi connectivity index (χ1) is 10.7. The maximum Gasteiger partial charge on any atom is 0.165 e. The van der Waals surface area contributed by atoms with Crippen LogP contribution >= 0.6 is 0 Å². The molecule has 0 unspecified atom stereocenters. The van der Waals surface area contributed by atoms with Gasteiger partial charge in [0.2, 0.25) is 0 Å². The number of halogens is 1. The van der Waals surface area contributed by atoms with Crippen LogP contribution in [0, 0.1) is 5.82 Å². The van der Waals surface area contributed by atoms with Gasteiger partial charge in [0.1, 0.15) is 5.82 Å². The minimum atomic E-state index is -0.287. The molecule has 0 saturated heterocycles. The molecule has 0 atom stereocenters. The van der Waals surface area contributed by atoms with E-state index in [1.807, 2.05) is 18.2 Å². The fraction of sp³-hybridized carbons (Fsp3) is 0.211. The minimum Gasteiger partial charge on any atom is -0.339 e. The third kappa shape index (κ3) is 2.05. The molecule has 2 aromatic carbocycles. The lowest BCUT2D eigenvalue weighted by Crippen LogP contribution is -2.13. The highest BCUT2D eigenvalue weighted by molar-refractivity contribution is 6.10. The van der Waals surface area contributed by atoms with Gasteiger partial charge >= 0.3 is 0 Å². The summed E-state index contributed by atoms with van der Waals surface area (Å²) < 4.78 is 15.8. The van der Waals surface area contributed by atoms with Crippen LogP contribution < -0.4 is 0 Å². The molecule has 0 fully saturated rings. The van der Waals surface area contributed by atoms with Crippen LogP contribution in [0.3, 0.4) is 0 Å². The van der Waals surface area contributed by atoms with Gasteiger partial charge in [-0.2, -0.15) is 0 Å². The number of rotatable bonds is 2. The van der Waals surface area contributed by atoms with Crippen molar-refractivity contribution in [3.05, 3.63) is 71.2 Å². The van der Waals surface area contributed by atoms with Crippen molar-refractivity contribution in [3.63, 3.8) is 0 Å². The van der Waals surface area contributed by atoms with Crippen LogP contribution in [0.25, 0.3) is 10.9 Å². The second-order valence-electron chi connectivity index (χ2n) is 5.83. The Labute approximate surface area is 128 Å². The summed E-state index contributed by atoms with van der Waals surface area (Å²) in [6, 6.07) is 14.9. The molecule has 1 heterocycles. The number of nitrogens with zero attached hydrogens (tertiary/aromatic N) is 1. The predicted octanol–water partition coefficient (Wildman–Crippen LogP) is 4.35. The summed E-state index contributed by atoms with van der Waals surface area (Å²) in [7, 11) is 0. The number of aromatic nitrogens is 1. The Bertz CT molecular complexity index is 864. The van der Waals surface area contributed by atoms with Gasteiger partial charge in [-0.05, 0) is 36.6 Å². The second-order valence-corrected chi connectivity index (χ2v) is 5.83. The standard InChI is InChI=1S/C19H16FNO/c20-14-9-10-16-15(11-14)19-17(7-4-8-18(19)22)21(16)12-13-5-2-1-3-6-13/h1-3,5-6,9-11H,4,7-8,12H2. The van der Waals surface area contributed by atoms with Gasteiger partial charge in [-0.3, -0.25) is 4.79 Å². The highest BCUT2D eigenvalue weighted by Crippen LogP contribution is 2.33. The van der Waals surface area contributed by atoms with Crippen molar-refractivity contribution in [3.8, 4) is 0 Å². The van der Waals surface area contributed by atoms with Gasteiger partial charge in [0.25, 0.3) is 0 Å². The number of fused-ring (bicyclic) bond motifs is 3. The average molecular weight is 293 g/mol. The largest absolute Gasteiger partial charge is 0.339 e. The van der Waals surface area contributed by atoms with Crippen molar-refractivity contribution in [2.45, 2.75) is 25.8 Å². The Morgan fingerprint density at radius 3 is 2.68 bits per heavy atom. The molecule has 0 saturated carbocycles. The molecular weight excluding hydrogens is 277 g/mol. The molecule has 4 rings (SSSR count). The Morgan fingerprint density at radius 2 is 1.86 bits per heavy atom. The number of hydrogen-bond donors (Lipinski definition) is 0. The summed E-state index contributed by atoms with van der Waals surface area (Å²) in [6.07, 6.45) is 2.32. The zero-order valence-corrected chi connectivity index (χ0v) is 12.2. The summed E-state index contributed by atoms with van der Waals surface area (Å²) in [5, 5.41) is 0.760. The molecule has 0 N–H and O–H groups in total. The summed E-state index contributed by atoms with van der Waals surface area (Å²) in [5.74, 6) is -0.144. The first-order valence-corrected chi connectivity index (χ1v) is 7.62. The van der Waals surface area contributed by atoms with Crippen LogP contribution in [-0.4, -0.2) is 10.4 Å². The van der Waals surface area contributed by atoms with Crippen molar-refractivity contribution >= 4 is 16.7 Å². The fourth-order valence-electron chi connectivity index (χ4n) is 3.44. The van der Waals surface area contributed by atoms with E-state index >= 15 is 0 Å². The second kappa shape index (κ2) is 5.09. The zero-order chi connectivity index (χ0) is 15.1. The van der Waals surface area contributed by atoms with Gasteiger partial charge in [-0.25, -0.2) is 4.39 Å². The van der Waals surface area contributed by atoms with E-state index < -0.39 is 0 Å². The van der Waals surface area contributed by atoms with Crippen molar-refractivity contribution in [2.24, 2.45) is 0 Å². The molecule has 1 aliphatic carbocycles. The van der Waals surface area contributed by atoms with Crippen molar-refractivity contribution in [1.82, 2.24) is 4.57 Å². The van der Waals surface area contributed by atoms with Gasteiger partial charge in [0, 0.05) is 35.1 Å². The van der Waals surface area contributed by atoms with Crippen LogP contribution in [0.2, 0.25) is 0 Å². The molecule has 0 spiro atoms. The molecule has 1 aromatic heterocycles. The summed E-state index contributed by atoms with van der Waals surface area (Å²) in [6.45, 7) is 0.714. The number of ketones is 1. The topological polar surface area (TPSA) is 22.0 Å². The predicted molar refractivity (Wildman–Crippen MR) is 84.7 cm³/mol. The molecule has 0 bridgehead atoms. The van der Waals surface area contributed by atoms with E-state index in [2.05, 4.69) is 16.7 Å². The molecule has 110 valence electrons. The summed E-state index contributed by atoms with van der Waals surface area (Å²) >= 11 is 0. The minimum absolute atomic E-state index is 0.142. The van der Waals surface area contributed by atoms with Crippen LogP contribution in [0.1, 0.15) is 34.5 Å². The first-order valence-electron chi connectivity index (χ1n) is 7.62. The van der Waals surface area contributed by atoms with Crippen LogP contribution in [0.15, 0.2) is 48.5 Å². The molecular formula is C19H16FNO. The highest BCUT2D eigenvalue weighted by Gasteiger charge is 2.25. The fourth-order valence-corrected chi connectivity index (χ4v) is 3.44. The van der Waals surface area contributed by atoms with E-state index in [0.29, 0.717) is 13.0 Å². The lowest BCUT2D eigenvalue weighted by atomic mass is 9.94. The molecule has 0 radical (unpaired) electrons. The van der Waals surface area contributed by atoms with E-state index in [0.717, 1.165) is 35.0 Å². The number of benzene rings is 2. The van der Waals surface area contributed by atoms with Crippen LogP contribution in [0.4, 0.5) is 4.39 Å². The third-order valence-electron chi connectivity index (χ3n) is 4.41.